The minimum atomic E-state index is 0.0359. The molecule has 3 heterocycles. The highest BCUT2D eigenvalue weighted by Crippen LogP contribution is 2.21. The molecule has 7 nitrogen and oxygen atoms in total. The van der Waals surface area contributed by atoms with Crippen LogP contribution in [0, 0.1) is 5.41 Å². The Morgan fingerprint density at radius 2 is 1.85 bits per heavy atom. The van der Waals surface area contributed by atoms with Crippen molar-refractivity contribution in [3.05, 3.63) is 30.5 Å². The number of hydrogen-bond acceptors (Lipinski definition) is 5. The highest BCUT2D eigenvalue weighted by atomic mass is 16.3. The largest absolute Gasteiger partial charge is 0.393 e. The monoisotopic (exact) mass is 356 g/mol. The highest BCUT2D eigenvalue weighted by Gasteiger charge is 2.15. The third-order valence-electron chi connectivity index (χ3n) is 4.30. The third kappa shape index (κ3) is 5.11. The lowest BCUT2D eigenvalue weighted by molar-refractivity contribution is 0.130. The Kier molecular flexibility index (Phi) is 5.66. The summed E-state index contributed by atoms with van der Waals surface area (Å²) in [4.78, 5) is 13.7. The van der Waals surface area contributed by atoms with E-state index in [0.29, 0.717) is 5.82 Å². The van der Waals surface area contributed by atoms with Gasteiger partial charge in [-0.15, -0.1) is 4.80 Å². The molecule has 0 unspecified atom stereocenters. The number of imidazole rings is 1. The van der Waals surface area contributed by atoms with Crippen molar-refractivity contribution in [3.63, 3.8) is 0 Å². The molecule has 1 saturated carbocycles. The zero-order valence-electron chi connectivity index (χ0n) is 15.8. The maximum absolute atomic E-state index is 8.91. The topological polar surface area (TPSA) is 92.5 Å². The van der Waals surface area contributed by atoms with Gasteiger partial charge < -0.3 is 10.1 Å². The average Bonchev–Trinajstić information content (AvgIpc) is 3.22. The van der Waals surface area contributed by atoms with E-state index in [0.717, 1.165) is 36.1 Å². The fourth-order valence-electron chi connectivity index (χ4n) is 3.06. The third-order valence-corrected chi connectivity index (χ3v) is 4.30. The number of pyridine rings is 1. The van der Waals surface area contributed by atoms with Gasteiger partial charge in [0.15, 0.2) is 5.82 Å². The molecule has 1 fully saturated rings. The summed E-state index contributed by atoms with van der Waals surface area (Å²) in [6, 6.07) is 1.89. The van der Waals surface area contributed by atoms with E-state index >= 15 is 0 Å². The lowest BCUT2D eigenvalue weighted by Gasteiger charge is -2.15. The summed E-state index contributed by atoms with van der Waals surface area (Å²) in [7, 11) is 0. The Morgan fingerprint density at radius 1 is 1.15 bits per heavy atom. The normalized spacial score (nSPS) is 15.7. The Morgan fingerprint density at radius 3 is 2.42 bits per heavy atom. The van der Waals surface area contributed by atoms with Crippen molar-refractivity contribution in [3.8, 4) is 5.82 Å². The molecule has 0 atom stereocenters. The van der Waals surface area contributed by atoms with Gasteiger partial charge in [-0.2, -0.15) is 10.2 Å². The van der Waals surface area contributed by atoms with Gasteiger partial charge in [-0.25, -0.2) is 9.97 Å². The van der Waals surface area contributed by atoms with Crippen LogP contribution in [0.5, 0.6) is 0 Å². The van der Waals surface area contributed by atoms with Crippen LogP contribution in [0.25, 0.3) is 16.9 Å². The lowest BCUT2D eigenvalue weighted by atomic mass is 9.92. The Hall–Kier alpha value is -2.28. The number of aromatic amines is 1. The van der Waals surface area contributed by atoms with E-state index in [2.05, 4.69) is 45.9 Å². The summed E-state index contributed by atoms with van der Waals surface area (Å²) in [5, 5.41) is 17.0. The van der Waals surface area contributed by atoms with Gasteiger partial charge in [0.25, 0.3) is 0 Å². The molecule has 2 N–H and O–H groups in total. The van der Waals surface area contributed by atoms with Crippen LogP contribution in [0.4, 0.5) is 0 Å². The van der Waals surface area contributed by atoms with E-state index in [-0.39, 0.29) is 11.5 Å². The van der Waals surface area contributed by atoms with Crippen LogP contribution in [0.2, 0.25) is 0 Å². The molecule has 3 aromatic heterocycles. The number of aliphatic hydroxyl groups excluding tert-OH is 1. The summed E-state index contributed by atoms with van der Waals surface area (Å²) >= 11 is 0. The maximum Gasteiger partial charge on any atom is 0.176 e. The molecule has 1 aliphatic carbocycles. The molecule has 4 rings (SSSR count). The minimum Gasteiger partial charge on any atom is -0.393 e. The van der Waals surface area contributed by atoms with E-state index in [9.17, 15) is 0 Å². The number of fused-ring (bicyclic) bond motifs is 1. The molecule has 0 spiro atoms. The molecule has 0 bridgehead atoms. The van der Waals surface area contributed by atoms with Crippen LogP contribution in [-0.4, -0.2) is 41.2 Å². The maximum atomic E-state index is 8.91. The number of hydrogen-bond donors (Lipinski definition) is 2. The number of rotatable bonds is 2. The summed E-state index contributed by atoms with van der Waals surface area (Å²) in [6.45, 7) is 6.58. The van der Waals surface area contributed by atoms with Gasteiger partial charge in [-0.05, 0) is 18.3 Å². The molecule has 3 aromatic rings. The van der Waals surface area contributed by atoms with Gasteiger partial charge >= 0.3 is 0 Å². The highest BCUT2D eigenvalue weighted by molar-refractivity contribution is 5.75. The number of aliphatic hydroxyl groups is 1. The molecule has 7 heteroatoms. The predicted octanol–water partition coefficient (Wildman–Crippen LogP) is 3.44. The van der Waals surface area contributed by atoms with Crippen LogP contribution in [0.1, 0.15) is 58.7 Å². The molecule has 0 radical (unpaired) electrons. The molecule has 0 aliphatic heterocycles. The van der Waals surface area contributed by atoms with Crippen LogP contribution in [0.3, 0.4) is 0 Å². The number of nitrogens with one attached hydrogen (secondary N) is 1. The second-order valence-electron chi connectivity index (χ2n) is 8.09. The second-order valence-corrected chi connectivity index (χ2v) is 8.09. The van der Waals surface area contributed by atoms with Crippen molar-refractivity contribution < 1.29 is 5.11 Å². The zero-order valence-corrected chi connectivity index (χ0v) is 15.8. The van der Waals surface area contributed by atoms with Crippen LogP contribution in [0.15, 0.2) is 24.7 Å². The first-order valence-corrected chi connectivity index (χ1v) is 9.30. The number of aromatic nitrogens is 6. The first kappa shape index (κ1) is 18.5. The molecule has 0 aromatic carbocycles. The lowest BCUT2D eigenvalue weighted by Crippen LogP contribution is -2.10. The molecule has 1 aliphatic rings. The average molecular weight is 356 g/mol. The first-order chi connectivity index (χ1) is 12.4. The summed E-state index contributed by atoms with van der Waals surface area (Å²) in [5.41, 5.74) is 2.03. The fourth-order valence-corrected chi connectivity index (χ4v) is 3.06. The van der Waals surface area contributed by atoms with Crippen LogP contribution >= 0.6 is 0 Å². The number of H-pyrrole nitrogens is 1. The van der Waals surface area contributed by atoms with Gasteiger partial charge in [-0.1, -0.05) is 40.0 Å². The van der Waals surface area contributed by atoms with Crippen molar-refractivity contribution >= 4 is 11.0 Å². The summed E-state index contributed by atoms with van der Waals surface area (Å²) in [5.74, 6) is 1.65. The molecule has 140 valence electrons. The van der Waals surface area contributed by atoms with Crippen molar-refractivity contribution in [1.29, 1.82) is 0 Å². The number of nitrogens with zero attached hydrogens (tertiary/aromatic N) is 5. The zero-order chi connectivity index (χ0) is 18.6. The van der Waals surface area contributed by atoms with Crippen molar-refractivity contribution in [1.82, 2.24) is 29.9 Å². The quantitative estimate of drug-likeness (QED) is 0.734. The first-order valence-electron chi connectivity index (χ1n) is 9.30. The summed E-state index contributed by atoms with van der Waals surface area (Å²) in [6.07, 6.45) is 11.8. The Balaban J connectivity index is 0.000000236. The SMILES string of the molecule is CC(C)(C)Cc1nc2cc(-n3nccn3)ncc2[nH]1.OC1CCCCC1. The van der Waals surface area contributed by atoms with Crippen molar-refractivity contribution in [2.45, 2.75) is 65.4 Å². The predicted molar refractivity (Wildman–Crippen MR) is 101 cm³/mol. The molecule has 0 amide bonds. The van der Waals surface area contributed by atoms with E-state index in [1.165, 1.54) is 24.1 Å². The van der Waals surface area contributed by atoms with E-state index in [4.69, 9.17) is 5.11 Å². The van der Waals surface area contributed by atoms with Crippen LogP contribution in [-0.2, 0) is 6.42 Å². The van der Waals surface area contributed by atoms with Gasteiger partial charge in [0, 0.05) is 12.5 Å². The molecular formula is C19H28N6O. The van der Waals surface area contributed by atoms with Gasteiger partial charge in [-0.3, -0.25) is 0 Å². The molecule has 0 saturated heterocycles. The Labute approximate surface area is 153 Å². The Bertz CT molecular complexity index is 812. The standard InChI is InChI=1S/C13H16N6.C6H12O/c1-13(2,3)7-11-17-9-6-12(14-8-10(9)18-11)19-15-4-5-16-19;7-6-4-2-1-3-5-6/h4-6,8H,7H2,1-3H3,(H,17,18);6-7H,1-5H2. The van der Waals surface area contributed by atoms with E-state index < -0.39 is 0 Å². The molecule has 26 heavy (non-hydrogen) atoms. The smallest absolute Gasteiger partial charge is 0.176 e. The van der Waals surface area contributed by atoms with E-state index in [1.54, 1.807) is 18.6 Å². The van der Waals surface area contributed by atoms with Crippen molar-refractivity contribution in [2.75, 3.05) is 0 Å². The second kappa shape index (κ2) is 7.95. The molecular weight excluding hydrogens is 328 g/mol. The van der Waals surface area contributed by atoms with Gasteiger partial charge in [0.2, 0.25) is 0 Å². The van der Waals surface area contributed by atoms with Crippen molar-refractivity contribution in [2.24, 2.45) is 5.41 Å². The van der Waals surface area contributed by atoms with Crippen LogP contribution < -0.4 is 0 Å². The van der Waals surface area contributed by atoms with E-state index in [1.807, 2.05) is 6.07 Å². The fraction of sp³-hybridized carbons (Fsp3) is 0.579. The van der Waals surface area contributed by atoms with Gasteiger partial charge in [0.05, 0.1) is 35.7 Å². The van der Waals surface area contributed by atoms with Gasteiger partial charge in [0.1, 0.15) is 5.82 Å². The summed E-state index contributed by atoms with van der Waals surface area (Å²) < 4.78 is 0. The minimum absolute atomic E-state index is 0.0359.